The summed E-state index contributed by atoms with van der Waals surface area (Å²) in [5.74, 6) is -11.5. The van der Waals surface area contributed by atoms with Gasteiger partial charge in [0.05, 0.1) is 0 Å². The van der Waals surface area contributed by atoms with Gasteiger partial charge >= 0.3 is 6.11 Å². The van der Waals surface area contributed by atoms with Gasteiger partial charge < -0.3 is 4.74 Å². The summed E-state index contributed by atoms with van der Waals surface area (Å²) in [6.07, 6.45) is -0.172. The molecule has 0 N–H and O–H groups in total. The summed E-state index contributed by atoms with van der Waals surface area (Å²) in [4.78, 5) is 0. The third-order valence-corrected chi connectivity index (χ3v) is 7.26. The first-order valence-electron chi connectivity index (χ1n) is 13.9. The Kier molecular flexibility index (Phi) is 9.27. The van der Waals surface area contributed by atoms with Crippen LogP contribution in [0.5, 0.6) is 5.75 Å². The molecule has 0 spiro atoms. The minimum atomic E-state index is -4.67. The fourth-order valence-electron chi connectivity index (χ4n) is 4.95. The van der Waals surface area contributed by atoms with E-state index in [2.05, 4.69) is 11.3 Å². The maximum atomic E-state index is 15.1. The van der Waals surface area contributed by atoms with Gasteiger partial charge in [-0.3, -0.25) is 0 Å². The number of halogens is 9. The fraction of sp³-hybridized carbons (Fsp3) is 0.111. The first-order valence-corrected chi connectivity index (χ1v) is 13.9. The molecule has 0 aliphatic rings. The lowest BCUT2D eigenvalue weighted by Gasteiger charge is -2.20. The molecule has 0 saturated carbocycles. The topological polar surface area (TPSA) is 9.23 Å². The number of hydrogen-bond acceptors (Lipinski definition) is 1. The highest BCUT2D eigenvalue weighted by molar-refractivity contribution is 5.71. The van der Waals surface area contributed by atoms with E-state index in [0.717, 1.165) is 43.0 Å². The zero-order valence-electron chi connectivity index (χ0n) is 23.8. The molecule has 1 nitrogen and oxygen atoms in total. The Balaban J connectivity index is 1.36. The molecular weight excluding hydrogens is 619 g/mol. The third-order valence-electron chi connectivity index (χ3n) is 7.26. The average molecular weight is 643 g/mol. The number of hydrogen-bond donors (Lipinski definition) is 0. The number of ether oxygens (including phenoxy) is 1. The Morgan fingerprint density at radius 2 is 1.07 bits per heavy atom. The van der Waals surface area contributed by atoms with E-state index in [0.29, 0.717) is 41.5 Å². The number of aryl methyl sites for hydroxylation is 1. The van der Waals surface area contributed by atoms with Gasteiger partial charge in [0.25, 0.3) is 0 Å². The van der Waals surface area contributed by atoms with Crippen molar-refractivity contribution in [3.63, 3.8) is 0 Å². The lowest BCUT2D eigenvalue weighted by Crippen LogP contribution is -2.25. The molecule has 0 aromatic heterocycles. The number of allylic oxidation sites excluding steroid dienone is 1. The van der Waals surface area contributed by atoms with Crippen LogP contribution < -0.4 is 4.74 Å². The number of benzene rings is 5. The van der Waals surface area contributed by atoms with Crippen molar-refractivity contribution in [3.05, 3.63) is 149 Å². The normalized spacial score (nSPS) is 11.5. The highest BCUT2D eigenvalue weighted by Crippen LogP contribution is 2.39. The summed E-state index contributed by atoms with van der Waals surface area (Å²) in [6, 6.07) is 15.4. The van der Waals surface area contributed by atoms with E-state index in [1.54, 1.807) is 0 Å². The standard InChI is InChI=1S/C36H23F9O/c1-2-3-4-5-20-6-8-21(9-7-20)22-10-12-26(28(37)14-22)23-15-30(39)34(31(40)16-23)36(44,45)46-25-11-13-27(29(38)19-25)24-17-32(41)35(43)33(42)18-24/h2,6-19H,1,3-5H2. The molecule has 0 bridgehead atoms. The van der Waals surface area contributed by atoms with Gasteiger partial charge in [-0.2, -0.15) is 8.78 Å². The van der Waals surface area contributed by atoms with Crippen molar-refractivity contribution in [2.75, 3.05) is 0 Å². The molecule has 0 unspecified atom stereocenters. The molecule has 10 heteroatoms. The highest BCUT2D eigenvalue weighted by Gasteiger charge is 2.41. The molecule has 0 fully saturated rings. The molecule has 0 amide bonds. The second kappa shape index (κ2) is 13.2. The van der Waals surface area contributed by atoms with Crippen LogP contribution in [0, 0.1) is 40.7 Å². The Morgan fingerprint density at radius 3 is 1.61 bits per heavy atom. The van der Waals surface area contributed by atoms with E-state index in [1.807, 2.05) is 30.3 Å². The van der Waals surface area contributed by atoms with Crippen LogP contribution in [0.2, 0.25) is 0 Å². The molecule has 5 rings (SSSR count). The van der Waals surface area contributed by atoms with Crippen LogP contribution >= 0.6 is 0 Å². The first-order chi connectivity index (χ1) is 21.9. The van der Waals surface area contributed by atoms with Crippen molar-refractivity contribution in [2.24, 2.45) is 0 Å². The average Bonchev–Trinajstić information content (AvgIpc) is 2.99. The van der Waals surface area contributed by atoms with Crippen molar-refractivity contribution in [2.45, 2.75) is 25.4 Å². The van der Waals surface area contributed by atoms with Crippen molar-refractivity contribution in [1.29, 1.82) is 0 Å². The maximum Gasteiger partial charge on any atom is 0.432 e. The minimum absolute atomic E-state index is 0.246. The monoisotopic (exact) mass is 642 g/mol. The van der Waals surface area contributed by atoms with Crippen LogP contribution in [-0.2, 0) is 12.5 Å². The molecule has 46 heavy (non-hydrogen) atoms. The Hall–Kier alpha value is -4.99. The van der Waals surface area contributed by atoms with Gasteiger partial charge in [-0.15, -0.1) is 6.58 Å². The van der Waals surface area contributed by atoms with E-state index in [4.69, 9.17) is 0 Å². The zero-order chi connectivity index (χ0) is 33.2. The van der Waals surface area contributed by atoms with E-state index < -0.39 is 69.3 Å². The second-order valence-corrected chi connectivity index (χ2v) is 10.4. The summed E-state index contributed by atoms with van der Waals surface area (Å²) in [6.45, 7) is 3.69. The zero-order valence-corrected chi connectivity index (χ0v) is 23.8. The van der Waals surface area contributed by atoms with Crippen LogP contribution in [0.25, 0.3) is 33.4 Å². The predicted molar refractivity (Wildman–Crippen MR) is 157 cm³/mol. The molecule has 0 radical (unpaired) electrons. The molecule has 0 heterocycles. The molecule has 0 aliphatic carbocycles. The Labute approximate surface area is 258 Å². The Morgan fingerprint density at radius 1 is 0.565 bits per heavy atom. The van der Waals surface area contributed by atoms with E-state index >= 15 is 4.39 Å². The van der Waals surface area contributed by atoms with Crippen molar-refractivity contribution < 1.29 is 44.3 Å². The van der Waals surface area contributed by atoms with Crippen LogP contribution in [0.15, 0.2) is 97.6 Å². The van der Waals surface area contributed by atoms with Gasteiger partial charge in [-0.1, -0.05) is 42.5 Å². The highest BCUT2D eigenvalue weighted by atomic mass is 19.3. The van der Waals surface area contributed by atoms with E-state index in [9.17, 15) is 35.1 Å². The minimum Gasteiger partial charge on any atom is -0.429 e. The second-order valence-electron chi connectivity index (χ2n) is 10.4. The molecule has 5 aromatic carbocycles. The van der Waals surface area contributed by atoms with Gasteiger partial charge in [-0.05, 0) is 89.5 Å². The van der Waals surface area contributed by atoms with E-state index in [-0.39, 0.29) is 11.1 Å². The lowest BCUT2D eigenvalue weighted by molar-refractivity contribution is -0.189. The van der Waals surface area contributed by atoms with Crippen molar-refractivity contribution >= 4 is 0 Å². The summed E-state index contributed by atoms with van der Waals surface area (Å²) in [5, 5.41) is 0. The van der Waals surface area contributed by atoms with Gasteiger partial charge in [0.15, 0.2) is 17.5 Å². The van der Waals surface area contributed by atoms with Gasteiger partial charge in [0, 0.05) is 17.2 Å². The largest absolute Gasteiger partial charge is 0.432 e. The first kappa shape index (κ1) is 32.4. The lowest BCUT2D eigenvalue weighted by atomic mass is 9.97. The maximum absolute atomic E-state index is 15.1. The van der Waals surface area contributed by atoms with E-state index in [1.165, 1.54) is 12.1 Å². The van der Waals surface area contributed by atoms with Crippen LogP contribution in [0.3, 0.4) is 0 Å². The molecule has 0 aliphatic heterocycles. The fourth-order valence-corrected chi connectivity index (χ4v) is 4.95. The summed E-state index contributed by atoms with van der Waals surface area (Å²) >= 11 is 0. The van der Waals surface area contributed by atoms with Crippen LogP contribution in [0.4, 0.5) is 39.5 Å². The Bertz CT molecular complexity index is 1870. The quantitative estimate of drug-likeness (QED) is 0.0638. The number of unbranched alkanes of at least 4 members (excludes halogenated alkanes) is 1. The summed E-state index contributed by atoms with van der Waals surface area (Å²) in [5.41, 5.74) is -1.06. The predicted octanol–water partition coefficient (Wildman–Crippen LogP) is 11.3. The SMILES string of the molecule is C=CCCCc1ccc(-c2ccc(-c3cc(F)c(C(F)(F)Oc4ccc(-c5cc(F)c(F)c(F)c5)c(F)c4)c(F)c3)c(F)c2)cc1. The number of rotatable bonds is 10. The molecule has 236 valence electrons. The van der Waals surface area contributed by atoms with Gasteiger partial charge in [-0.25, -0.2) is 30.7 Å². The van der Waals surface area contributed by atoms with Gasteiger partial charge in [0.1, 0.15) is 34.6 Å². The molecule has 0 atom stereocenters. The molecular formula is C36H23F9O. The van der Waals surface area contributed by atoms with Crippen LogP contribution in [0.1, 0.15) is 24.0 Å². The summed E-state index contributed by atoms with van der Waals surface area (Å²) < 4.78 is 135. The molecule has 0 saturated heterocycles. The third kappa shape index (κ3) is 6.80. The van der Waals surface area contributed by atoms with Gasteiger partial charge in [0.2, 0.25) is 0 Å². The molecule has 5 aromatic rings. The smallest absolute Gasteiger partial charge is 0.429 e. The van der Waals surface area contributed by atoms with Crippen molar-refractivity contribution in [3.8, 4) is 39.1 Å². The van der Waals surface area contributed by atoms with Crippen molar-refractivity contribution in [1.82, 2.24) is 0 Å². The van der Waals surface area contributed by atoms with Crippen LogP contribution in [-0.4, -0.2) is 0 Å². The summed E-state index contributed by atoms with van der Waals surface area (Å²) in [7, 11) is 0. The number of alkyl halides is 2.